The predicted molar refractivity (Wildman–Crippen MR) is 152 cm³/mol. The van der Waals surface area contributed by atoms with Gasteiger partial charge in [-0.15, -0.1) is 0 Å². The fourth-order valence-corrected chi connectivity index (χ4v) is 6.00. The van der Waals surface area contributed by atoms with Gasteiger partial charge in [-0.05, 0) is 99.0 Å². The third kappa shape index (κ3) is 5.56. The quantitative estimate of drug-likeness (QED) is 0.183. The van der Waals surface area contributed by atoms with Gasteiger partial charge in [-0.1, -0.05) is 12.1 Å². The lowest BCUT2D eigenvalue weighted by atomic mass is 9.68. The molecule has 2 aromatic carbocycles. The number of amides is 3. The standard InChI is InChI=1S/C30H37N7O3/c1-18(2)36-29(34)30(11-12-35-17-26(38)37-13-3-4-23(37)16-31)24-9-7-21(27(32)39)14-19(24)5-6-20-15-22(28(33)40)8-10-25(20)30/h7-10,14-15,18,23,35H,3-6,11-13,17H2,1-2H3,(H2,32,39)(H2,33,40)(H2,34,36)/t23-/m0/s1. The number of nitriles is 1. The molecule has 40 heavy (non-hydrogen) atoms. The Kier molecular flexibility index (Phi) is 8.55. The number of rotatable bonds is 9. The van der Waals surface area contributed by atoms with Gasteiger partial charge in [-0.3, -0.25) is 19.8 Å². The molecule has 0 radical (unpaired) electrons. The predicted octanol–water partition coefficient (Wildman–Crippen LogP) is 1.74. The number of carbonyl (C=O) groups is 3. The topological polar surface area (TPSA) is 178 Å². The second-order valence-electron chi connectivity index (χ2n) is 10.9. The van der Waals surface area contributed by atoms with Gasteiger partial charge in [0.2, 0.25) is 17.7 Å². The average Bonchev–Trinajstić information content (AvgIpc) is 3.35. The normalized spacial score (nSPS) is 17.4. The van der Waals surface area contributed by atoms with E-state index in [0.29, 0.717) is 49.9 Å². The molecule has 1 aliphatic carbocycles. The summed E-state index contributed by atoms with van der Waals surface area (Å²) in [5.74, 6) is -0.895. The minimum absolute atomic E-state index is 0.0260. The summed E-state index contributed by atoms with van der Waals surface area (Å²) in [5.41, 5.74) is 14.6. The van der Waals surface area contributed by atoms with Gasteiger partial charge in [0.25, 0.3) is 0 Å². The van der Waals surface area contributed by atoms with Gasteiger partial charge < -0.3 is 27.0 Å². The molecule has 0 aromatic heterocycles. The molecule has 2 aliphatic rings. The lowest BCUT2D eigenvalue weighted by Crippen LogP contribution is -2.49. The molecule has 1 atom stereocenters. The highest BCUT2D eigenvalue weighted by molar-refractivity contribution is 5.98. The van der Waals surface area contributed by atoms with Gasteiger partial charge in [0, 0.05) is 23.7 Å². The summed E-state index contributed by atoms with van der Waals surface area (Å²) in [6.45, 7) is 4.99. The Morgan fingerprint density at radius 1 is 1.07 bits per heavy atom. The van der Waals surface area contributed by atoms with E-state index in [1.807, 2.05) is 26.0 Å². The van der Waals surface area contributed by atoms with Crippen molar-refractivity contribution in [2.24, 2.45) is 11.5 Å². The van der Waals surface area contributed by atoms with Crippen molar-refractivity contribution in [3.05, 3.63) is 69.8 Å². The number of aryl methyl sites for hydroxylation is 2. The summed E-state index contributed by atoms with van der Waals surface area (Å²) in [6.07, 6.45) is 3.10. The fraction of sp³-hybridized carbons (Fsp3) is 0.433. The maximum Gasteiger partial charge on any atom is 0.248 e. The number of benzene rings is 2. The summed E-state index contributed by atoms with van der Waals surface area (Å²) < 4.78 is 0. The summed E-state index contributed by atoms with van der Waals surface area (Å²) in [5, 5.41) is 25.3. The van der Waals surface area contributed by atoms with E-state index in [1.165, 1.54) is 0 Å². The van der Waals surface area contributed by atoms with E-state index in [2.05, 4.69) is 16.7 Å². The summed E-state index contributed by atoms with van der Waals surface area (Å²) in [6, 6.07) is 12.5. The number of nitrogens with one attached hydrogen (secondary N) is 3. The van der Waals surface area contributed by atoms with E-state index in [9.17, 15) is 25.1 Å². The molecule has 10 heteroatoms. The number of hydrogen-bond acceptors (Lipinski definition) is 6. The van der Waals surface area contributed by atoms with Crippen molar-refractivity contribution in [1.82, 2.24) is 15.5 Å². The van der Waals surface area contributed by atoms with Gasteiger partial charge in [-0.2, -0.15) is 5.26 Å². The summed E-state index contributed by atoms with van der Waals surface area (Å²) in [4.78, 5) is 38.5. The fourth-order valence-electron chi connectivity index (χ4n) is 6.00. The first kappa shape index (κ1) is 28.8. The molecule has 0 bridgehead atoms. The highest BCUT2D eigenvalue weighted by Crippen LogP contribution is 2.43. The molecule has 0 unspecified atom stereocenters. The average molecular weight is 544 g/mol. The first-order valence-electron chi connectivity index (χ1n) is 13.7. The van der Waals surface area contributed by atoms with Crippen LogP contribution in [0.4, 0.5) is 0 Å². The molecule has 1 heterocycles. The molecule has 1 aliphatic heterocycles. The zero-order valence-corrected chi connectivity index (χ0v) is 23.0. The number of hydrogen-bond donors (Lipinski definition) is 5. The van der Waals surface area contributed by atoms with E-state index in [1.54, 1.807) is 29.2 Å². The van der Waals surface area contributed by atoms with E-state index >= 15 is 0 Å². The van der Waals surface area contributed by atoms with Crippen LogP contribution in [0, 0.1) is 16.7 Å². The van der Waals surface area contributed by atoms with Crippen LogP contribution in [0.2, 0.25) is 0 Å². The van der Waals surface area contributed by atoms with Gasteiger partial charge in [0.15, 0.2) is 0 Å². The van der Waals surface area contributed by atoms with Crippen molar-refractivity contribution in [3.63, 3.8) is 0 Å². The maximum atomic E-state index is 12.8. The number of primary amides is 2. The highest BCUT2D eigenvalue weighted by Gasteiger charge is 2.43. The van der Waals surface area contributed by atoms with Crippen molar-refractivity contribution in [2.45, 2.75) is 63.5 Å². The summed E-state index contributed by atoms with van der Waals surface area (Å²) in [7, 11) is 0. The Hall–Kier alpha value is -4.23. The number of amidine groups is 1. The lowest BCUT2D eigenvalue weighted by molar-refractivity contribution is -0.130. The van der Waals surface area contributed by atoms with E-state index in [0.717, 1.165) is 28.7 Å². The number of carbonyl (C=O) groups excluding carboxylic acids is 3. The smallest absolute Gasteiger partial charge is 0.248 e. The minimum Gasteiger partial charge on any atom is -0.371 e. The highest BCUT2D eigenvalue weighted by atomic mass is 16.2. The summed E-state index contributed by atoms with van der Waals surface area (Å²) >= 11 is 0. The number of fused-ring (bicyclic) bond motifs is 2. The van der Waals surface area contributed by atoms with Crippen molar-refractivity contribution in [2.75, 3.05) is 19.6 Å². The third-order valence-corrected chi connectivity index (χ3v) is 7.90. The van der Waals surface area contributed by atoms with Crippen molar-refractivity contribution >= 4 is 23.6 Å². The Labute approximate surface area is 234 Å². The Morgan fingerprint density at radius 3 is 2.15 bits per heavy atom. The van der Waals surface area contributed by atoms with Crippen LogP contribution in [-0.4, -0.2) is 60.2 Å². The van der Waals surface area contributed by atoms with Crippen molar-refractivity contribution in [1.29, 1.82) is 10.7 Å². The molecule has 4 rings (SSSR count). The molecular formula is C30H37N7O3. The Morgan fingerprint density at radius 2 is 1.65 bits per heavy atom. The van der Waals surface area contributed by atoms with Crippen LogP contribution >= 0.6 is 0 Å². The zero-order valence-electron chi connectivity index (χ0n) is 23.0. The monoisotopic (exact) mass is 543 g/mol. The zero-order chi connectivity index (χ0) is 29.0. The Balaban J connectivity index is 1.76. The van der Waals surface area contributed by atoms with Crippen molar-refractivity contribution in [3.8, 4) is 6.07 Å². The molecule has 3 amide bonds. The SMILES string of the molecule is CC(C)NC(=N)C1(CCNCC(=O)N2CCC[C@H]2C#N)c2ccc(C(N)=O)cc2CCc2cc(C(N)=O)ccc21. The number of nitrogens with zero attached hydrogens (tertiary/aromatic N) is 2. The van der Waals surface area contributed by atoms with Gasteiger partial charge in [0.05, 0.1) is 18.0 Å². The van der Waals surface area contributed by atoms with E-state index in [4.69, 9.17) is 11.5 Å². The van der Waals surface area contributed by atoms with Crippen LogP contribution < -0.4 is 22.1 Å². The first-order chi connectivity index (χ1) is 19.1. The molecule has 0 spiro atoms. The second-order valence-corrected chi connectivity index (χ2v) is 10.9. The second kappa shape index (κ2) is 11.9. The molecule has 210 valence electrons. The molecule has 0 saturated carbocycles. The lowest BCUT2D eigenvalue weighted by Gasteiger charge is -2.38. The first-order valence-corrected chi connectivity index (χ1v) is 13.7. The molecular weight excluding hydrogens is 506 g/mol. The van der Waals surface area contributed by atoms with Gasteiger partial charge in [-0.25, -0.2) is 0 Å². The van der Waals surface area contributed by atoms with Crippen LogP contribution in [0.5, 0.6) is 0 Å². The van der Waals surface area contributed by atoms with Crippen LogP contribution in [0.15, 0.2) is 36.4 Å². The Bertz CT molecular complexity index is 1310. The van der Waals surface area contributed by atoms with Gasteiger partial charge >= 0.3 is 0 Å². The third-order valence-electron chi connectivity index (χ3n) is 7.90. The van der Waals surface area contributed by atoms with Crippen LogP contribution in [0.25, 0.3) is 0 Å². The van der Waals surface area contributed by atoms with Crippen LogP contribution in [0.1, 0.15) is 76.1 Å². The number of nitrogens with two attached hydrogens (primary N) is 2. The van der Waals surface area contributed by atoms with Crippen molar-refractivity contribution < 1.29 is 14.4 Å². The number of likely N-dealkylation sites (tertiary alicyclic amines) is 1. The molecule has 7 N–H and O–H groups in total. The largest absolute Gasteiger partial charge is 0.371 e. The van der Waals surface area contributed by atoms with Crippen LogP contribution in [0.3, 0.4) is 0 Å². The maximum absolute atomic E-state index is 12.8. The molecule has 10 nitrogen and oxygen atoms in total. The molecule has 1 fully saturated rings. The minimum atomic E-state index is -0.962. The van der Waals surface area contributed by atoms with E-state index in [-0.39, 0.29) is 30.4 Å². The molecule has 2 aromatic rings. The van der Waals surface area contributed by atoms with E-state index < -0.39 is 17.2 Å². The van der Waals surface area contributed by atoms with Crippen LogP contribution in [-0.2, 0) is 23.1 Å². The molecule has 1 saturated heterocycles. The van der Waals surface area contributed by atoms with Gasteiger partial charge in [0.1, 0.15) is 11.9 Å².